The number of aromatic nitrogens is 3. The molecule has 0 aliphatic carbocycles. The first kappa shape index (κ1) is 20.9. The summed E-state index contributed by atoms with van der Waals surface area (Å²) < 4.78 is 31.1. The SMILES string of the molecule is CC1CCC(=O)N1c1ccc(Nc2nccn3c(-c4ccc(OC(F)F)cc4)cnc23)cc1. The summed E-state index contributed by atoms with van der Waals surface area (Å²) in [5, 5.41) is 3.28. The standard InChI is InChI=1S/C24H21F2N5O2/c1-15-2-11-21(32)31(15)18-7-5-17(6-8-18)29-22-23-28-14-20(30(23)13-12-27-22)16-3-9-19(10-4-16)33-24(25)26/h3-10,12-15,24H,2,11H2,1H3,(H,27,29). The van der Waals surface area contributed by atoms with E-state index < -0.39 is 6.61 Å². The number of anilines is 3. The normalized spacial score (nSPS) is 16.1. The van der Waals surface area contributed by atoms with Crippen molar-refractivity contribution in [3.05, 3.63) is 67.1 Å². The maximum atomic E-state index is 12.4. The van der Waals surface area contributed by atoms with Crippen molar-refractivity contribution in [1.82, 2.24) is 14.4 Å². The number of carbonyl (C=O) groups is 1. The van der Waals surface area contributed by atoms with Crippen LogP contribution >= 0.6 is 0 Å². The van der Waals surface area contributed by atoms with Crippen molar-refractivity contribution < 1.29 is 18.3 Å². The third-order valence-electron chi connectivity index (χ3n) is 5.70. The highest BCUT2D eigenvalue weighted by Crippen LogP contribution is 2.30. The highest BCUT2D eigenvalue weighted by Gasteiger charge is 2.28. The number of nitrogens with zero attached hydrogens (tertiary/aromatic N) is 4. The minimum atomic E-state index is -2.86. The fraction of sp³-hybridized carbons (Fsp3) is 0.208. The van der Waals surface area contributed by atoms with Gasteiger partial charge in [0.15, 0.2) is 11.5 Å². The molecule has 1 aliphatic rings. The number of imidazole rings is 1. The average molecular weight is 449 g/mol. The molecule has 4 aromatic rings. The van der Waals surface area contributed by atoms with Gasteiger partial charge >= 0.3 is 6.61 Å². The number of hydrogen-bond donors (Lipinski definition) is 1. The fourth-order valence-electron chi connectivity index (χ4n) is 4.10. The van der Waals surface area contributed by atoms with Gasteiger partial charge in [-0.2, -0.15) is 8.78 Å². The molecule has 3 heterocycles. The van der Waals surface area contributed by atoms with Gasteiger partial charge in [-0.15, -0.1) is 0 Å². The second-order valence-electron chi connectivity index (χ2n) is 7.84. The third kappa shape index (κ3) is 4.09. The van der Waals surface area contributed by atoms with Gasteiger partial charge in [-0.05, 0) is 61.9 Å². The van der Waals surface area contributed by atoms with E-state index in [1.807, 2.05) is 33.6 Å². The Balaban J connectivity index is 1.39. The van der Waals surface area contributed by atoms with Gasteiger partial charge in [0.1, 0.15) is 5.75 Å². The van der Waals surface area contributed by atoms with Gasteiger partial charge in [0.2, 0.25) is 5.91 Å². The van der Waals surface area contributed by atoms with Crippen molar-refractivity contribution in [2.24, 2.45) is 0 Å². The van der Waals surface area contributed by atoms with Gasteiger partial charge in [-0.1, -0.05) is 0 Å². The van der Waals surface area contributed by atoms with Crippen LogP contribution < -0.4 is 15.0 Å². The van der Waals surface area contributed by atoms with Crippen LogP contribution in [0.4, 0.5) is 26.0 Å². The second-order valence-corrected chi connectivity index (χ2v) is 7.84. The molecule has 0 spiro atoms. The lowest BCUT2D eigenvalue weighted by Crippen LogP contribution is -2.30. The molecule has 168 valence electrons. The Morgan fingerprint density at radius 1 is 1.09 bits per heavy atom. The van der Waals surface area contributed by atoms with Crippen LogP contribution in [0.3, 0.4) is 0 Å². The Labute approximate surface area is 188 Å². The minimum Gasteiger partial charge on any atom is -0.435 e. The van der Waals surface area contributed by atoms with E-state index >= 15 is 0 Å². The summed E-state index contributed by atoms with van der Waals surface area (Å²) in [5.41, 5.74) is 3.90. The molecule has 1 aliphatic heterocycles. The molecule has 1 unspecified atom stereocenters. The first-order valence-electron chi connectivity index (χ1n) is 10.6. The Kier molecular flexibility index (Phi) is 5.37. The molecule has 0 radical (unpaired) electrons. The van der Waals surface area contributed by atoms with Gasteiger partial charge in [0, 0.05) is 41.8 Å². The summed E-state index contributed by atoms with van der Waals surface area (Å²) >= 11 is 0. The summed E-state index contributed by atoms with van der Waals surface area (Å²) in [4.78, 5) is 22.9. The van der Waals surface area contributed by atoms with E-state index in [4.69, 9.17) is 0 Å². The molecule has 1 amide bonds. The van der Waals surface area contributed by atoms with Crippen molar-refractivity contribution in [2.45, 2.75) is 32.4 Å². The topological polar surface area (TPSA) is 71.8 Å². The number of ether oxygens (including phenoxy) is 1. The third-order valence-corrected chi connectivity index (χ3v) is 5.70. The highest BCUT2D eigenvalue weighted by molar-refractivity contribution is 5.96. The number of halogens is 2. The lowest BCUT2D eigenvalue weighted by molar-refractivity contribution is -0.117. The lowest BCUT2D eigenvalue weighted by Gasteiger charge is -2.22. The molecule has 1 atom stereocenters. The minimum absolute atomic E-state index is 0.0973. The molecule has 0 bridgehead atoms. The molecule has 9 heteroatoms. The Morgan fingerprint density at radius 3 is 2.52 bits per heavy atom. The van der Waals surface area contributed by atoms with Crippen LogP contribution in [0.2, 0.25) is 0 Å². The maximum Gasteiger partial charge on any atom is 0.387 e. The zero-order chi connectivity index (χ0) is 22.9. The van der Waals surface area contributed by atoms with Gasteiger partial charge in [-0.25, -0.2) is 9.97 Å². The summed E-state index contributed by atoms with van der Waals surface area (Å²) in [5.74, 6) is 0.813. The zero-order valence-electron chi connectivity index (χ0n) is 17.8. The van der Waals surface area contributed by atoms with Crippen molar-refractivity contribution in [3.8, 4) is 17.0 Å². The van der Waals surface area contributed by atoms with E-state index in [0.29, 0.717) is 17.9 Å². The monoisotopic (exact) mass is 449 g/mol. The number of benzene rings is 2. The molecule has 5 rings (SSSR count). The fourth-order valence-corrected chi connectivity index (χ4v) is 4.10. The van der Waals surface area contributed by atoms with Gasteiger partial charge < -0.3 is 15.0 Å². The number of hydrogen-bond acceptors (Lipinski definition) is 5. The van der Waals surface area contributed by atoms with E-state index in [0.717, 1.165) is 29.1 Å². The van der Waals surface area contributed by atoms with Crippen LogP contribution in [-0.4, -0.2) is 32.9 Å². The molecular formula is C24H21F2N5O2. The molecule has 33 heavy (non-hydrogen) atoms. The van der Waals surface area contributed by atoms with Gasteiger partial charge in [-0.3, -0.25) is 9.20 Å². The zero-order valence-corrected chi connectivity index (χ0v) is 17.8. The Morgan fingerprint density at radius 2 is 1.85 bits per heavy atom. The number of fused-ring (bicyclic) bond motifs is 1. The average Bonchev–Trinajstić information content (AvgIpc) is 3.38. The van der Waals surface area contributed by atoms with Gasteiger partial charge in [0.05, 0.1) is 11.9 Å². The number of carbonyl (C=O) groups excluding carboxylic acids is 1. The van der Waals surface area contributed by atoms with Gasteiger partial charge in [0.25, 0.3) is 0 Å². The first-order valence-corrected chi connectivity index (χ1v) is 10.6. The molecule has 2 aromatic heterocycles. The smallest absolute Gasteiger partial charge is 0.387 e. The van der Waals surface area contributed by atoms with Crippen LogP contribution in [-0.2, 0) is 4.79 Å². The number of amides is 1. The maximum absolute atomic E-state index is 12.4. The van der Waals surface area contributed by atoms with Crippen molar-refractivity contribution >= 4 is 28.7 Å². The predicted molar refractivity (Wildman–Crippen MR) is 121 cm³/mol. The molecule has 7 nitrogen and oxygen atoms in total. The van der Waals surface area contributed by atoms with Crippen molar-refractivity contribution in [3.63, 3.8) is 0 Å². The quantitative estimate of drug-likeness (QED) is 0.435. The van der Waals surface area contributed by atoms with Crippen LogP contribution in [0.5, 0.6) is 5.75 Å². The summed E-state index contributed by atoms with van der Waals surface area (Å²) in [7, 11) is 0. The number of nitrogens with one attached hydrogen (secondary N) is 1. The summed E-state index contributed by atoms with van der Waals surface area (Å²) in [6, 6.07) is 14.2. The lowest BCUT2D eigenvalue weighted by atomic mass is 10.1. The van der Waals surface area contributed by atoms with E-state index in [-0.39, 0.29) is 17.7 Å². The molecular weight excluding hydrogens is 428 g/mol. The van der Waals surface area contributed by atoms with E-state index in [9.17, 15) is 13.6 Å². The molecule has 0 saturated carbocycles. The molecule has 1 fully saturated rings. The van der Waals surface area contributed by atoms with E-state index in [1.165, 1.54) is 12.1 Å². The summed E-state index contributed by atoms with van der Waals surface area (Å²) in [6.45, 7) is -0.809. The first-order chi connectivity index (χ1) is 16.0. The Hall–Kier alpha value is -4.01. The van der Waals surface area contributed by atoms with Crippen LogP contribution in [0.15, 0.2) is 67.1 Å². The molecule has 1 N–H and O–H groups in total. The number of alkyl halides is 2. The van der Waals surface area contributed by atoms with Crippen LogP contribution in [0.1, 0.15) is 19.8 Å². The second kappa shape index (κ2) is 8.50. The Bertz CT molecular complexity index is 1290. The predicted octanol–water partition coefficient (Wildman–Crippen LogP) is 5.26. The highest BCUT2D eigenvalue weighted by atomic mass is 19.3. The van der Waals surface area contributed by atoms with Crippen molar-refractivity contribution in [1.29, 1.82) is 0 Å². The molecule has 2 aromatic carbocycles. The van der Waals surface area contributed by atoms with E-state index in [1.54, 1.807) is 30.7 Å². The largest absolute Gasteiger partial charge is 0.435 e. The molecule has 1 saturated heterocycles. The summed E-state index contributed by atoms with van der Waals surface area (Å²) in [6.07, 6.45) is 6.60. The number of rotatable bonds is 6. The van der Waals surface area contributed by atoms with E-state index in [2.05, 4.69) is 26.9 Å². The van der Waals surface area contributed by atoms with Crippen LogP contribution in [0, 0.1) is 0 Å². The van der Waals surface area contributed by atoms with Crippen LogP contribution in [0.25, 0.3) is 16.9 Å². The van der Waals surface area contributed by atoms with Crippen molar-refractivity contribution in [2.75, 3.05) is 10.2 Å².